The van der Waals surface area contributed by atoms with Gasteiger partial charge in [0, 0.05) is 12.6 Å². The molecule has 0 heterocycles. The van der Waals surface area contributed by atoms with Gasteiger partial charge >= 0.3 is 6.03 Å². The molecular weight excluding hydrogens is 349 g/mol. The average Bonchev–Trinajstić information content (AvgIpc) is 2.62. The van der Waals surface area contributed by atoms with E-state index in [4.69, 9.17) is 9.47 Å². The number of rotatable bonds is 9. The highest BCUT2D eigenvalue weighted by atomic mass is 19.3. The molecule has 2 aromatic carbocycles. The first-order valence-electron chi connectivity index (χ1n) is 7.93. The minimum atomic E-state index is -2.54. The van der Waals surface area contributed by atoms with Crippen LogP contribution in [0.25, 0.3) is 0 Å². The fourth-order valence-corrected chi connectivity index (χ4v) is 2.04. The second-order valence-corrected chi connectivity index (χ2v) is 5.26. The number of amides is 2. The molecule has 8 heteroatoms. The molecule has 0 fully saturated rings. The Hall–Kier alpha value is -2.90. The topological polar surface area (TPSA) is 59.6 Å². The van der Waals surface area contributed by atoms with Gasteiger partial charge < -0.3 is 20.1 Å². The molecule has 0 unspecified atom stereocenters. The lowest BCUT2D eigenvalue weighted by Gasteiger charge is -2.10. The summed E-state index contributed by atoms with van der Waals surface area (Å²) in [5.41, 5.74) is 0.711. The van der Waals surface area contributed by atoms with Gasteiger partial charge in [-0.2, -0.15) is 0 Å². The lowest BCUT2D eigenvalue weighted by molar-refractivity contribution is 0.0818. The highest BCUT2D eigenvalue weighted by Crippen LogP contribution is 2.14. The van der Waals surface area contributed by atoms with Crippen LogP contribution in [0, 0.1) is 5.82 Å². The summed E-state index contributed by atoms with van der Waals surface area (Å²) in [5.74, 6) is 0.300. The summed E-state index contributed by atoms with van der Waals surface area (Å²) in [7, 11) is 0. The average molecular weight is 368 g/mol. The van der Waals surface area contributed by atoms with E-state index in [1.807, 2.05) is 0 Å². The molecule has 0 aromatic heterocycles. The van der Waals surface area contributed by atoms with Crippen LogP contribution in [0.15, 0.2) is 48.5 Å². The van der Waals surface area contributed by atoms with Gasteiger partial charge in [-0.1, -0.05) is 18.2 Å². The molecule has 2 amide bonds. The van der Waals surface area contributed by atoms with Crippen LogP contribution in [0.4, 0.5) is 18.0 Å². The van der Waals surface area contributed by atoms with Crippen LogP contribution in [0.1, 0.15) is 5.56 Å². The van der Waals surface area contributed by atoms with E-state index >= 15 is 0 Å². The Labute approximate surface area is 149 Å². The van der Waals surface area contributed by atoms with Crippen LogP contribution >= 0.6 is 0 Å². The van der Waals surface area contributed by atoms with E-state index < -0.39 is 24.9 Å². The van der Waals surface area contributed by atoms with Gasteiger partial charge in [0.25, 0.3) is 6.43 Å². The zero-order chi connectivity index (χ0) is 18.8. The number of halogens is 3. The molecule has 2 N–H and O–H groups in total. The van der Waals surface area contributed by atoms with Gasteiger partial charge in [-0.05, 0) is 29.8 Å². The molecule has 0 saturated carbocycles. The maximum absolute atomic E-state index is 13.0. The molecule has 0 spiro atoms. The van der Waals surface area contributed by atoms with Gasteiger partial charge in [0.05, 0.1) is 6.54 Å². The predicted molar refractivity (Wildman–Crippen MR) is 90.1 cm³/mol. The minimum Gasteiger partial charge on any atom is -0.492 e. The smallest absolute Gasteiger partial charge is 0.315 e. The lowest BCUT2D eigenvalue weighted by atomic mass is 10.2. The summed E-state index contributed by atoms with van der Waals surface area (Å²) in [6.45, 7) is -0.0428. The molecule has 0 atom stereocenters. The van der Waals surface area contributed by atoms with Crippen molar-refractivity contribution in [3.8, 4) is 11.5 Å². The molecule has 2 aromatic rings. The van der Waals surface area contributed by atoms with Gasteiger partial charge in [-0.15, -0.1) is 0 Å². The molecule has 5 nitrogen and oxygen atoms in total. The van der Waals surface area contributed by atoms with Gasteiger partial charge in [0.1, 0.15) is 30.5 Å². The van der Waals surface area contributed by atoms with Gasteiger partial charge in [0.2, 0.25) is 0 Å². The Kier molecular flexibility index (Phi) is 7.60. The number of carbonyl (C=O) groups excluding carboxylic acids is 1. The van der Waals surface area contributed by atoms with E-state index in [-0.39, 0.29) is 19.7 Å². The summed E-state index contributed by atoms with van der Waals surface area (Å²) >= 11 is 0. The highest BCUT2D eigenvalue weighted by Gasteiger charge is 2.05. The molecule has 0 aliphatic carbocycles. The monoisotopic (exact) mass is 368 g/mol. The van der Waals surface area contributed by atoms with Crippen LogP contribution < -0.4 is 20.1 Å². The molecule has 26 heavy (non-hydrogen) atoms. The fourth-order valence-electron chi connectivity index (χ4n) is 2.04. The minimum absolute atomic E-state index is 0.188. The van der Waals surface area contributed by atoms with E-state index in [9.17, 15) is 18.0 Å². The van der Waals surface area contributed by atoms with E-state index in [0.29, 0.717) is 17.1 Å². The third kappa shape index (κ3) is 7.33. The normalized spacial score (nSPS) is 10.5. The highest BCUT2D eigenvalue weighted by molar-refractivity contribution is 5.73. The number of benzene rings is 2. The van der Waals surface area contributed by atoms with Crippen molar-refractivity contribution in [2.75, 3.05) is 19.8 Å². The number of carbonyl (C=O) groups is 1. The third-order valence-corrected chi connectivity index (χ3v) is 3.18. The molecule has 0 bridgehead atoms. The fraction of sp³-hybridized carbons (Fsp3) is 0.278. The Morgan fingerprint density at radius 1 is 1.00 bits per heavy atom. The van der Waals surface area contributed by atoms with Gasteiger partial charge in [-0.25, -0.2) is 18.0 Å². The molecule has 0 aliphatic heterocycles. The van der Waals surface area contributed by atoms with Crippen molar-refractivity contribution < 1.29 is 27.4 Å². The number of hydrogen-bond donors (Lipinski definition) is 2. The van der Waals surface area contributed by atoms with Crippen LogP contribution in [-0.2, 0) is 6.54 Å². The van der Waals surface area contributed by atoms with Gasteiger partial charge in [-0.3, -0.25) is 0 Å². The Morgan fingerprint density at radius 3 is 2.46 bits per heavy atom. The second kappa shape index (κ2) is 10.2. The van der Waals surface area contributed by atoms with Crippen LogP contribution in [0.2, 0.25) is 0 Å². The summed E-state index contributed by atoms with van der Waals surface area (Å²) in [6.07, 6.45) is -2.54. The van der Waals surface area contributed by atoms with Crippen molar-refractivity contribution in [1.29, 1.82) is 0 Å². The summed E-state index contributed by atoms with van der Waals surface area (Å²) in [6, 6.07) is 11.8. The second-order valence-electron chi connectivity index (χ2n) is 5.26. The lowest BCUT2D eigenvalue weighted by Crippen LogP contribution is -2.37. The predicted octanol–water partition coefficient (Wildman–Crippen LogP) is 3.35. The first-order chi connectivity index (χ1) is 12.5. The molecule has 0 radical (unpaired) electrons. The SMILES string of the molecule is O=C(NCCOc1cccc(F)c1)NCc1cccc(OCC(F)F)c1. The Balaban J connectivity index is 1.66. The first kappa shape index (κ1) is 19.4. The Bertz CT molecular complexity index is 714. The molecule has 0 aliphatic rings. The van der Waals surface area contributed by atoms with E-state index in [2.05, 4.69) is 10.6 Å². The van der Waals surface area contributed by atoms with Crippen molar-refractivity contribution >= 4 is 6.03 Å². The number of alkyl halides is 2. The molecular formula is C18H19F3N2O3. The van der Waals surface area contributed by atoms with Crippen LogP contribution in [0.3, 0.4) is 0 Å². The Morgan fingerprint density at radius 2 is 1.73 bits per heavy atom. The number of hydrogen-bond acceptors (Lipinski definition) is 3. The van der Waals surface area contributed by atoms with Crippen molar-refractivity contribution in [2.45, 2.75) is 13.0 Å². The van der Waals surface area contributed by atoms with Crippen molar-refractivity contribution in [3.63, 3.8) is 0 Å². The third-order valence-electron chi connectivity index (χ3n) is 3.18. The summed E-state index contributed by atoms with van der Waals surface area (Å²) < 4.78 is 47.5. The maximum atomic E-state index is 13.0. The van der Waals surface area contributed by atoms with Crippen molar-refractivity contribution in [2.24, 2.45) is 0 Å². The molecule has 0 saturated heterocycles. The van der Waals surface area contributed by atoms with E-state index in [0.717, 1.165) is 0 Å². The maximum Gasteiger partial charge on any atom is 0.315 e. The van der Waals surface area contributed by atoms with Crippen LogP contribution in [0.5, 0.6) is 11.5 Å². The van der Waals surface area contributed by atoms with Crippen molar-refractivity contribution in [3.05, 3.63) is 59.9 Å². The first-order valence-corrected chi connectivity index (χ1v) is 7.93. The van der Waals surface area contributed by atoms with Crippen LogP contribution in [-0.4, -0.2) is 32.2 Å². The summed E-state index contributed by atoms with van der Waals surface area (Å²) in [4.78, 5) is 11.7. The number of ether oxygens (including phenoxy) is 2. The van der Waals surface area contributed by atoms with E-state index in [1.54, 1.807) is 30.3 Å². The van der Waals surface area contributed by atoms with Crippen molar-refractivity contribution in [1.82, 2.24) is 10.6 Å². The number of urea groups is 1. The van der Waals surface area contributed by atoms with E-state index in [1.165, 1.54) is 18.2 Å². The van der Waals surface area contributed by atoms with Gasteiger partial charge in [0.15, 0.2) is 0 Å². The molecule has 2 rings (SSSR count). The molecule has 140 valence electrons. The number of nitrogens with one attached hydrogen (secondary N) is 2. The zero-order valence-corrected chi connectivity index (χ0v) is 13.9. The largest absolute Gasteiger partial charge is 0.492 e. The quantitative estimate of drug-likeness (QED) is 0.668. The summed E-state index contributed by atoms with van der Waals surface area (Å²) in [5, 5.41) is 5.22. The zero-order valence-electron chi connectivity index (χ0n) is 13.9. The standard InChI is InChI=1S/C18H19F3N2O3/c19-14-4-2-6-16(10-14)25-8-7-22-18(24)23-11-13-3-1-5-15(9-13)26-12-17(20)21/h1-6,9-10,17H,7-8,11-12H2,(H2,22,23,24).